The van der Waals surface area contributed by atoms with E-state index in [2.05, 4.69) is 12.2 Å². The van der Waals surface area contributed by atoms with Gasteiger partial charge in [0.1, 0.15) is 0 Å². The largest absolute Gasteiger partial charge is 0.349 e. The number of unbranched alkanes of at least 4 members (excludes halogenated alkanes) is 3. The van der Waals surface area contributed by atoms with Gasteiger partial charge in [-0.05, 0) is 12.5 Å². The van der Waals surface area contributed by atoms with Gasteiger partial charge in [0.25, 0.3) is 0 Å². The van der Waals surface area contributed by atoms with Crippen molar-refractivity contribution in [2.75, 3.05) is 5.75 Å². The molecule has 0 spiro atoms. The van der Waals surface area contributed by atoms with Crippen LogP contribution >= 0.6 is 0 Å². The van der Waals surface area contributed by atoms with Crippen LogP contribution in [0.2, 0.25) is 0 Å². The number of hydrogen-bond acceptors (Lipinski definition) is 3. The first-order valence-electron chi connectivity index (χ1n) is 5.74. The predicted octanol–water partition coefficient (Wildman–Crippen LogP) is 1.38. The second-order valence-corrected chi connectivity index (χ2v) is 6.07. The van der Waals surface area contributed by atoms with Gasteiger partial charge in [0, 0.05) is 11.8 Å². The maximum Gasteiger partial charge on any atom is 0.220 e. The molecule has 0 aromatic heterocycles. The van der Waals surface area contributed by atoms with Crippen molar-refractivity contribution in [2.24, 2.45) is 0 Å². The molecular weight excluding hydrogens is 226 g/mol. The Balaban J connectivity index is 2.18. The SMILES string of the molecule is CCCCCCC(=O)NC1C=CS(=O)(=O)C1. The van der Waals surface area contributed by atoms with Gasteiger partial charge in [-0.2, -0.15) is 0 Å². The summed E-state index contributed by atoms with van der Waals surface area (Å²) in [6, 6.07) is -0.330. The minimum atomic E-state index is -3.07. The average molecular weight is 245 g/mol. The molecule has 1 heterocycles. The molecule has 0 aliphatic carbocycles. The Labute approximate surface area is 97.0 Å². The predicted molar refractivity (Wildman–Crippen MR) is 63.6 cm³/mol. The number of nitrogens with one attached hydrogen (secondary N) is 1. The fourth-order valence-corrected chi connectivity index (χ4v) is 2.89. The standard InChI is InChI=1S/C11H19NO3S/c1-2-3-4-5-6-11(13)12-10-7-8-16(14,15)9-10/h7-8,10H,2-6,9H2,1H3,(H,12,13). The normalized spacial score (nSPS) is 22.2. The van der Waals surface area contributed by atoms with Crippen LogP contribution in [-0.4, -0.2) is 26.1 Å². The molecule has 5 heteroatoms. The van der Waals surface area contributed by atoms with E-state index in [4.69, 9.17) is 0 Å². The summed E-state index contributed by atoms with van der Waals surface area (Å²) >= 11 is 0. The van der Waals surface area contributed by atoms with Crippen LogP contribution in [0.5, 0.6) is 0 Å². The highest BCUT2D eigenvalue weighted by Gasteiger charge is 2.22. The zero-order valence-electron chi connectivity index (χ0n) is 9.61. The van der Waals surface area contributed by atoms with Gasteiger partial charge in [-0.1, -0.05) is 26.2 Å². The van der Waals surface area contributed by atoms with Gasteiger partial charge in [0.2, 0.25) is 5.91 Å². The van der Waals surface area contributed by atoms with Gasteiger partial charge in [0.15, 0.2) is 9.84 Å². The first-order chi connectivity index (χ1) is 7.53. The molecular formula is C11H19NO3S. The molecule has 1 amide bonds. The van der Waals surface area contributed by atoms with Crippen molar-refractivity contribution in [1.29, 1.82) is 0 Å². The van der Waals surface area contributed by atoms with Crippen molar-refractivity contribution >= 4 is 15.7 Å². The topological polar surface area (TPSA) is 63.2 Å². The van der Waals surface area contributed by atoms with E-state index >= 15 is 0 Å². The Morgan fingerprint density at radius 1 is 1.38 bits per heavy atom. The van der Waals surface area contributed by atoms with Gasteiger partial charge in [-0.15, -0.1) is 0 Å². The Bertz CT molecular complexity index is 359. The molecule has 1 N–H and O–H groups in total. The lowest BCUT2D eigenvalue weighted by atomic mass is 10.1. The first kappa shape index (κ1) is 13.2. The van der Waals surface area contributed by atoms with Gasteiger partial charge >= 0.3 is 0 Å². The number of amides is 1. The Hall–Kier alpha value is -0.840. The Morgan fingerprint density at radius 3 is 2.69 bits per heavy atom. The van der Waals surface area contributed by atoms with E-state index in [1.807, 2.05) is 0 Å². The molecule has 0 aromatic carbocycles. The van der Waals surface area contributed by atoms with Crippen LogP contribution in [0.4, 0.5) is 0 Å². The van der Waals surface area contributed by atoms with Gasteiger partial charge in [-0.25, -0.2) is 8.42 Å². The van der Waals surface area contributed by atoms with E-state index in [-0.39, 0.29) is 17.7 Å². The fourth-order valence-electron chi connectivity index (χ4n) is 1.66. The summed E-state index contributed by atoms with van der Waals surface area (Å²) in [7, 11) is -3.07. The van der Waals surface area contributed by atoms with Crippen LogP contribution in [0.25, 0.3) is 0 Å². The third kappa shape index (κ3) is 4.79. The van der Waals surface area contributed by atoms with Crippen LogP contribution in [-0.2, 0) is 14.6 Å². The molecule has 0 aromatic rings. The molecule has 0 radical (unpaired) electrons. The highest BCUT2D eigenvalue weighted by atomic mass is 32.2. The van der Waals surface area contributed by atoms with E-state index in [9.17, 15) is 13.2 Å². The van der Waals surface area contributed by atoms with E-state index in [1.165, 1.54) is 5.41 Å². The third-order valence-corrected chi connectivity index (χ3v) is 3.93. The summed E-state index contributed by atoms with van der Waals surface area (Å²) in [5.41, 5.74) is 0. The van der Waals surface area contributed by atoms with Crippen LogP contribution < -0.4 is 5.32 Å². The zero-order valence-corrected chi connectivity index (χ0v) is 10.4. The summed E-state index contributed by atoms with van der Waals surface area (Å²) in [6.45, 7) is 2.12. The van der Waals surface area contributed by atoms with E-state index < -0.39 is 9.84 Å². The van der Waals surface area contributed by atoms with Crippen molar-refractivity contribution in [1.82, 2.24) is 5.32 Å². The second-order valence-electron chi connectivity index (χ2n) is 4.14. The molecule has 16 heavy (non-hydrogen) atoms. The fraction of sp³-hybridized carbons (Fsp3) is 0.727. The van der Waals surface area contributed by atoms with Crippen LogP contribution in [0.1, 0.15) is 39.0 Å². The second kappa shape index (κ2) is 6.03. The van der Waals surface area contributed by atoms with E-state index in [0.717, 1.165) is 25.7 Å². The minimum Gasteiger partial charge on any atom is -0.349 e. The van der Waals surface area contributed by atoms with Crippen molar-refractivity contribution in [3.05, 3.63) is 11.5 Å². The molecule has 0 fully saturated rings. The highest BCUT2D eigenvalue weighted by molar-refractivity contribution is 7.94. The zero-order chi connectivity index (χ0) is 12.0. The Kier molecular flexibility index (Phi) is 4.99. The highest BCUT2D eigenvalue weighted by Crippen LogP contribution is 2.08. The monoisotopic (exact) mass is 245 g/mol. The molecule has 4 nitrogen and oxygen atoms in total. The van der Waals surface area contributed by atoms with Crippen LogP contribution in [0.15, 0.2) is 11.5 Å². The quantitative estimate of drug-likeness (QED) is 0.719. The summed E-state index contributed by atoms with van der Waals surface area (Å²) in [4.78, 5) is 11.4. The van der Waals surface area contributed by atoms with Crippen molar-refractivity contribution in [3.63, 3.8) is 0 Å². The minimum absolute atomic E-state index is 0.00764. The van der Waals surface area contributed by atoms with Crippen molar-refractivity contribution < 1.29 is 13.2 Å². The summed E-state index contributed by atoms with van der Waals surface area (Å²) in [6.07, 6.45) is 6.26. The number of sulfone groups is 1. The molecule has 1 atom stereocenters. The molecule has 1 aliphatic heterocycles. The number of hydrogen-bond donors (Lipinski definition) is 1. The van der Waals surface area contributed by atoms with Gasteiger partial charge in [-0.3, -0.25) is 4.79 Å². The first-order valence-corrected chi connectivity index (χ1v) is 7.45. The van der Waals surface area contributed by atoms with Crippen molar-refractivity contribution in [3.8, 4) is 0 Å². The molecule has 0 bridgehead atoms. The Morgan fingerprint density at radius 2 is 2.12 bits per heavy atom. The summed E-state index contributed by atoms with van der Waals surface area (Å²) in [5.74, 6) is -0.0453. The molecule has 0 saturated heterocycles. The van der Waals surface area contributed by atoms with E-state index in [1.54, 1.807) is 6.08 Å². The lowest BCUT2D eigenvalue weighted by molar-refractivity contribution is -0.121. The molecule has 1 unspecified atom stereocenters. The lowest BCUT2D eigenvalue weighted by Crippen LogP contribution is -2.35. The molecule has 92 valence electrons. The number of rotatable bonds is 6. The average Bonchev–Trinajstić information content (AvgIpc) is 2.53. The van der Waals surface area contributed by atoms with Crippen LogP contribution in [0, 0.1) is 0 Å². The van der Waals surface area contributed by atoms with Crippen molar-refractivity contribution in [2.45, 2.75) is 45.1 Å². The summed E-state index contributed by atoms with van der Waals surface area (Å²) < 4.78 is 22.2. The van der Waals surface area contributed by atoms with Gasteiger partial charge in [0.05, 0.1) is 11.8 Å². The smallest absolute Gasteiger partial charge is 0.220 e. The number of carbonyl (C=O) groups excluding carboxylic acids is 1. The summed E-state index contributed by atoms with van der Waals surface area (Å²) in [5, 5.41) is 3.88. The third-order valence-electron chi connectivity index (χ3n) is 2.53. The van der Waals surface area contributed by atoms with E-state index in [0.29, 0.717) is 6.42 Å². The molecule has 1 rings (SSSR count). The maximum absolute atomic E-state index is 11.4. The van der Waals surface area contributed by atoms with Gasteiger partial charge < -0.3 is 5.32 Å². The van der Waals surface area contributed by atoms with Crippen LogP contribution in [0.3, 0.4) is 0 Å². The molecule has 0 saturated carbocycles. The maximum atomic E-state index is 11.4. The lowest BCUT2D eigenvalue weighted by Gasteiger charge is -2.09. The number of carbonyl (C=O) groups is 1. The molecule has 1 aliphatic rings.